The number of amides is 2. The Hall–Kier alpha value is -3.54. The fourth-order valence-corrected chi connectivity index (χ4v) is 4.37. The minimum absolute atomic E-state index is 0.0304. The number of nitrogens with zero attached hydrogens (tertiary/aromatic N) is 2. The molecule has 0 unspecified atom stereocenters. The van der Waals surface area contributed by atoms with Crippen molar-refractivity contribution in [1.82, 2.24) is 15.2 Å². The highest BCUT2D eigenvalue weighted by atomic mass is 19.1. The molecule has 1 aliphatic heterocycles. The number of carbonyl (C=O) groups is 2. The number of pyridine rings is 1. The van der Waals surface area contributed by atoms with E-state index in [-0.39, 0.29) is 17.6 Å². The summed E-state index contributed by atoms with van der Waals surface area (Å²) >= 11 is 0. The number of carbonyl (C=O) groups excluding carboxylic acids is 2. The number of aromatic nitrogens is 1. The van der Waals surface area contributed by atoms with E-state index < -0.39 is 5.41 Å². The molecule has 1 aliphatic rings. The van der Waals surface area contributed by atoms with Crippen LogP contribution in [0.3, 0.4) is 0 Å². The minimum Gasteiger partial charge on any atom is -0.356 e. The van der Waals surface area contributed by atoms with Crippen molar-refractivity contribution in [2.45, 2.75) is 19.8 Å². The maximum absolute atomic E-state index is 13.3. The van der Waals surface area contributed by atoms with Crippen molar-refractivity contribution < 1.29 is 14.0 Å². The Labute approximate surface area is 187 Å². The standard InChI is InChI=1S/C26H26FN3O2/c1-2-29-25(32)26(12-15-30(18-26)24(31)21-10-13-28-14-11-21)17-19-4-3-5-22(16-19)20-6-8-23(27)9-7-20/h3-11,13-14,16H,2,12,15,17-18H2,1H3,(H,29,32)/t26-/m1/s1. The van der Waals surface area contributed by atoms with Crippen LogP contribution >= 0.6 is 0 Å². The molecular formula is C26H26FN3O2. The van der Waals surface area contributed by atoms with Crippen LogP contribution in [0.4, 0.5) is 4.39 Å². The molecule has 4 rings (SSSR count). The highest BCUT2D eigenvalue weighted by Crippen LogP contribution is 2.36. The highest BCUT2D eigenvalue weighted by molar-refractivity contribution is 5.95. The van der Waals surface area contributed by atoms with Crippen LogP contribution in [0.25, 0.3) is 11.1 Å². The molecule has 164 valence electrons. The Kier molecular flexibility index (Phi) is 6.30. The summed E-state index contributed by atoms with van der Waals surface area (Å²) in [6, 6.07) is 17.7. The molecule has 2 amide bonds. The van der Waals surface area contributed by atoms with E-state index in [4.69, 9.17) is 0 Å². The minimum atomic E-state index is -0.694. The molecule has 1 aromatic heterocycles. The smallest absolute Gasteiger partial charge is 0.253 e. The van der Waals surface area contributed by atoms with Crippen LogP contribution in [0.1, 0.15) is 29.3 Å². The van der Waals surface area contributed by atoms with Crippen molar-refractivity contribution in [3.63, 3.8) is 0 Å². The number of hydrogen-bond acceptors (Lipinski definition) is 3. The Balaban J connectivity index is 1.59. The fraction of sp³-hybridized carbons (Fsp3) is 0.269. The molecule has 1 atom stereocenters. The third kappa shape index (κ3) is 4.54. The molecule has 0 spiro atoms. The van der Waals surface area contributed by atoms with Crippen molar-refractivity contribution in [3.05, 3.63) is 90.0 Å². The van der Waals surface area contributed by atoms with Crippen LogP contribution in [0, 0.1) is 11.2 Å². The first kappa shape index (κ1) is 21.7. The lowest BCUT2D eigenvalue weighted by atomic mass is 9.79. The summed E-state index contributed by atoms with van der Waals surface area (Å²) in [5, 5.41) is 2.97. The SMILES string of the molecule is CCNC(=O)[C@@]1(Cc2cccc(-c3ccc(F)cc3)c2)CCN(C(=O)c2ccncc2)C1. The van der Waals surface area contributed by atoms with E-state index in [9.17, 15) is 14.0 Å². The van der Waals surface area contributed by atoms with Gasteiger partial charge in [0.15, 0.2) is 0 Å². The summed E-state index contributed by atoms with van der Waals surface area (Å²) in [6.07, 6.45) is 4.31. The van der Waals surface area contributed by atoms with E-state index in [1.807, 2.05) is 31.2 Å². The molecular weight excluding hydrogens is 405 g/mol. The normalized spacial score (nSPS) is 17.9. The third-order valence-corrected chi connectivity index (χ3v) is 6.03. The van der Waals surface area contributed by atoms with E-state index in [1.165, 1.54) is 12.1 Å². The molecule has 0 aliphatic carbocycles. The van der Waals surface area contributed by atoms with Crippen LogP contribution in [-0.4, -0.2) is 41.3 Å². The van der Waals surface area contributed by atoms with Crippen molar-refractivity contribution in [1.29, 1.82) is 0 Å². The zero-order chi connectivity index (χ0) is 22.6. The van der Waals surface area contributed by atoms with Crippen LogP contribution < -0.4 is 5.32 Å². The molecule has 5 nitrogen and oxygen atoms in total. The lowest BCUT2D eigenvalue weighted by Crippen LogP contribution is -2.45. The average Bonchev–Trinajstić information content (AvgIpc) is 3.25. The second kappa shape index (κ2) is 9.30. The molecule has 32 heavy (non-hydrogen) atoms. The number of rotatable bonds is 6. The van der Waals surface area contributed by atoms with Gasteiger partial charge < -0.3 is 10.2 Å². The third-order valence-electron chi connectivity index (χ3n) is 6.03. The van der Waals surface area contributed by atoms with Gasteiger partial charge in [0.2, 0.25) is 5.91 Å². The number of likely N-dealkylation sites (tertiary alicyclic amines) is 1. The molecule has 1 fully saturated rings. The maximum Gasteiger partial charge on any atom is 0.253 e. The van der Waals surface area contributed by atoms with Gasteiger partial charge in [-0.1, -0.05) is 36.4 Å². The van der Waals surface area contributed by atoms with Gasteiger partial charge in [-0.3, -0.25) is 14.6 Å². The predicted molar refractivity (Wildman–Crippen MR) is 121 cm³/mol. The van der Waals surface area contributed by atoms with Crippen LogP contribution in [0.15, 0.2) is 73.1 Å². The van der Waals surface area contributed by atoms with Crippen molar-refractivity contribution in [2.24, 2.45) is 5.41 Å². The quantitative estimate of drug-likeness (QED) is 0.639. The van der Waals surface area contributed by atoms with E-state index in [0.717, 1.165) is 16.7 Å². The van der Waals surface area contributed by atoms with Gasteiger partial charge in [-0.25, -0.2) is 4.39 Å². The number of nitrogens with one attached hydrogen (secondary N) is 1. The van der Waals surface area contributed by atoms with Gasteiger partial charge in [-0.2, -0.15) is 0 Å². The molecule has 0 bridgehead atoms. The molecule has 2 aromatic carbocycles. The molecule has 3 aromatic rings. The highest BCUT2D eigenvalue weighted by Gasteiger charge is 2.45. The van der Waals surface area contributed by atoms with Crippen molar-refractivity contribution in [3.8, 4) is 11.1 Å². The van der Waals surface area contributed by atoms with E-state index >= 15 is 0 Å². The number of halogens is 1. The lowest BCUT2D eigenvalue weighted by molar-refractivity contribution is -0.130. The average molecular weight is 432 g/mol. The lowest BCUT2D eigenvalue weighted by Gasteiger charge is -2.28. The van der Waals surface area contributed by atoms with Crippen molar-refractivity contribution >= 4 is 11.8 Å². The topological polar surface area (TPSA) is 62.3 Å². The molecule has 2 heterocycles. The summed E-state index contributed by atoms with van der Waals surface area (Å²) in [6.45, 7) is 3.32. The van der Waals surface area contributed by atoms with Gasteiger partial charge in [-0.05, 0) is 60.7 Å². The molecule has 6 heteroatoms. The monoisotopic (exact) mass is 431 g/mol. The van der Waals surface area contributed by atoms with Gasteiger partial charge >= 0.3 is 0 Å². The summed E-state index contributed by atoms with van der Waals surface area (Å²) in [5.41, 5.74) is 2.78. The zero-order valence-corrected chi connectivity index (χ0v) is 18.1. The van der Waals surface area contributed by atoms with E-state index in [0.29, 0.717) is 38.0 Å². The van der Waals surface area contributed by atoms with Crippen molar-refractivity contribution in [2.75, 3.05) is 19.6 Å². The van der Waals surface area contributed by atoms with Gasteiger partial charge in [-0.15, -0.1) is 0 Å². The Morgan fingerprint density at radius 3 is 2.53 bits per heavy atom. The van der Waals surface area contributed by atoms with Crippen LogP contribution in [0.2, 0.25) is 0 Å². The van der Waals surface area contributed by atoms with Gasteiger partial charge in [0.1, 0.15) is 5.82 Å². The first-order chi connectivity index (χ1) is 15.5. The number of hydrogen-bond donors (Lipinski definition) is 1. The molecule has 0 saturated carbocycles. The molecule has 1 saturated heterocycles. The van der Waals surface area contributed by atoms with E-state index in [2.05, 4.69) is 10.3 Å². The number of benzene rings is 2. The largest absolute Gasteiger partial charge is 0.356 e. The summed E-state index contributed by atoms with van der Waals surface area (Å²) in [4.78, 5) is 31.9. The van der Waals surface area contributed by atoms with Gasteiger partial charge in [0.05, 0.1) is 5.41 Å². The second-order valence-electron chi connectivity index (χ2n) is 8.24. The van der Waals surface area contributed by atoms with Gasteiger partial charge in [0, 0.05) is 37.6 Å². The van der Waals surface area contributed by atoms with Crippen LogP contribution in [0.5, 0.6) is 0 Å². The predicted octanol–water partition coefficient (Wildman–Crippen LogP) is 4.10. The second-order valence-corrected chi connectivity index (χ2v) is 8.24. The first-order valence-electron chi connectivity index (χ1n) is 10.8. The van der Waals surface area contributed by atoms with E-state index in [1.54, 1.807) is 41.6 Å². The molecule has 0 radical (unpaired) electrons. The molecule has 1 N–H and O–H groups in total. The fourth-order valence-electron chi connectivity index (χ4n) is 4.37. The van der Waals surface area contributed by atoms with Crippen LogP contribution in [-0.2, 0) is 11.2 Å². The first-order valence-corrected chi connectivity index (χ1v) is 10.8. The maximum atomic E-state index is 13.3. The van der Waals surface area contributed by atoms with Gasteiger partial charge in [0.25, 0.3) is 5.91 Å². The Morgan fingerprint density at radius 2 is 1.81 bits per heavy atom. The summed E-state index contributed by atoms with van der Waals surface area (Å²) < 4.78 is 13.3. The zero-order valence-electron chi connectivity index (χ0n) is 18.1. The Morgan fingerprint density at radius 1 is 1.06 bits per heavy atom. The summed E-state index contributed by atoms with van der Waals surface area (Å²) in [5.74, 6) is -0.388. The Bertz CT molecular complexity index is 1100. The summed E-state index contributed by atoms with van der Waals surface area (Å²) in [7, 11) is 0.